The van der Waals surface area contributed by atoms with Crippen molar-refractivity contribution in [1.29, 1.82) is 10.5 Å². The molecule has 1 aliphatic rings. The maximum Gasteiger partial charge on any atom is 0.133 e. The summed E-state index contributed by atoms with van der Waals surface area (Å²) in [6, 6.07) is 39.1. The molecular formula is C34H28N2S3. The van der Waals surface area contributed by atoms with Crippen molar-refractivity contribution in [2.75, 3.05) is 12.5 Å². The van der Waals surface area contributed by atoms with Gasteiger partial charge in [0.25, 0.3) is 0 Å². The van der Waals surface area contributed by atoms with Crippen molar-refractivity contribution >= 4 is 54.5 Å². The zero-order valence-corrected chi connectivity index (χ0v) is 24.4. The van der Waals surface area contributed by atoms with Crippen molar-refractivity contribution in [3.05, 3.63) is 143 Å². The van der Waals surface area contributed by atoms with E-state index in [4.69, 9.17) is 10.5 Å². The molecule has 0 bridgehead atoms. The Kier molecular flexibility index (Phi) is 8.34. The largest absolute Gasteiger partial charge is 0.191 e. The summed E-state index contributed by atoms with van der Waals surface area (Å²) < 4.78 is 0. The van der Waals surface area contributed by atoms with Gasteiger partial charge in [-0.15, -0.1) is 0 Å². The third-order valence-electron chi connectivity index (χ3n) is 6.89. The topological polar surface area (TPSA) is 47.6 Å². The highest BCUT2D eigenvalue weighted by Crippen LogP contribution is 2.74. The molecule has 5 heteroatoms. The quantitative estimate of drug-likeness (QED) is 0.201. The summed E-state index contributed by atoms with van der Waals surface area (Å²) in [5.74, 6) is 1.37. The second kappa shape index (κ2) is 12.1. The molecule has 0 N–H and O–H groups in total. The van der Waals surface area contributed by atoms with E-state index in [1.165, 1.54) is 66.7 Å². The molecule has 0 aliphatic carbocycles. The smallest absolute Gasteiger partial charge is 0.133 e. The number of thiocyanates is 2. The van der Waals surface area contributed by atoms with Gasteiger partial charge in [0.15, 0.2) is 0 Å². The molecule has 0 spiro atoms. The third kappa shape index (κ3) is 5.58. The first kappa shape index (κ1) is 27.0. The van der Waals surface area contributed by atoms with Crippen LogP contribution in [0.3, 0.4) is 0 Å². The Balaban J connectivity index is 1.76. The van der Waals surface area contributed by atoms with Gasteiger partial charge < -0.3 is 0 Å². The lowest BCUT2D eigenvalue weighted by Crippen LogP contribution is -2.00. The fourth-order valence-corrected chi connectivity index (χ4v) is 9.18. The normalized spacial score (nSPS) is 15.1. The van der Waals surface area contributed by atoms with Crippen molar-refractivity contribution in [1.82, 2.24) is 0 Å². The highest BCUT2D eigenvalue weighted by Gasteiger charge is 2.39. The van der Waals surface area contributed by atoms with E-state index < -0.39 is 10.0 Å². The SMILES string of the molecule is CS1(C)C(c2ccc(CSC#N)cc2)=C(c2ccccc2)C(c2ccccc2)=C1c1ccc(CSC#N)cc1. The van der Waals surface area contributed by atoms with Gasteiger partial charge in [0.05, 0.1) is 0 Å². The molecule has 0 radical (unpaired) electrons. The van der Waals surface area contributed by atoms with Gasteiger partial charge in [-0.05, 0) is 69.4 Å². The number of hydrogen-bond donors (Lipinski definition) is 0. The molecule has 0 saturated carbocycles. The average molecular weight is 561 g/mol. The number of nitrogens with zero attached hydrogens (tertiary/aromatic N) is 2. The van der Waals surface area contributed by atoms with Crippen LogP contribution in [0, 0.1) is 21.3 Å². The molecular weight excluding hydrogens is 533 g/mol. The monoisotopic (exact) mass is 560 g/mol. The first-order chi connectivity index (χ1) is 19.0. The molecule has 5 rings (SSSR count). The third-order valence-corrected chi connectivity index (χ3v) is 11.0. The van der Waals surface area contributed by atoms with Crippen LogP contribution in [0.15, 0.2) is 109 Å². The van der Waals surface area contributed by atoms with Crippen LogP contribution >= 0.6 is 33.6 Å². The average Bonchev–Trinajstić information content (AvgIpc) is 3.23. The van der Waals surface area contributed by atoms with E-state index in [9.17, 15) is 0 Å². The highest BCUT2D eigenvalue weighted by molar-refractivity contribution is 8.47. The maximum absolute atomic E-state index is 9.01. The fraction of sp³-hybridized carbons (Fsp3) is 0.118. The van der Waals surface area contributed by atoms with Crippen molar-refractivity contribution in [2.24, 2.45) is 0 Å². The molecule has 0 aromatic heterocycles. The van der Waals surface area contributed by atoms with E-state index in [1.807, 2.05) is 0 Å². The number of allylic oxidation sites excluding steroid dienone is 2. The summed E-state index contributed by atoms with van der Waals surface area (Å²) in [5, 5.41) is 22.4. The molecule has 1 heterocycles. The van der Waals surface area contributed by atoms with Gasteiger partial charge in [0.1, 0.15) is 10.8 Å². The van der Waals surface area contributed by atoms with Gasteiger partial charge in [-0.25, -0.2) is 0 Å². The summed E-state index contributed by atoms with van der Waals surface area (Å²) in [5.41, 5.74) is 9.77. The Bertz CT molecular complexity index is 1480. The Hall–Kier alpha value is -3.61. The van der Waals surface area contributed by atoms with Crippen LogP contribution in [0.25, 0.3) is 21.0 Å². The summed E-state index contributed by atoms with van der Waals surface area (Å²) in [7, 11) is -1.44. The van der Waals surface area contributed by atoms with Gasteiger partial charge in [-0.2, -0.15) is 20.6 Å². The second-order valence-corrected chi connectivity index (χ2v) is 14.6. The van der Waals surface area contributed by atoms with E-state index in [0.717, 1.165) is 11.1 Å². The number of nitriles is 2. The number of benzene rings is 4. The lowest BCUT2D eigenvalue weighted by molar-refractivity contribution is 1.41. The number of thioether (sulfide) groups is 2. The van der Waals surface area contributed by atoms with Crippen LogP contribution in [0.2, 0.25) is 0 Å². The van der Waals surface area contributed by atoms with Crippen LogP contribution in [0.1, 0.15) is 33.4 Å². The van der Waals surface area contributed by atoms with E-state index in [0.29, 0.717) is 11.5 Å². The van der Waals surface area contributed by atoms with E-state index >= 15 is 0 Å². The lowest BCUT2D eigenvalue weighted by Gasteiger charge is -2.34. The van der Waals surface area contributed by atoms with E-state index in [2.05, 4.69) is 133 Å². The molecule has 1 aliphatic heterocycles. The summed E-state index contributed by atoms with van der Waals surface area (Å²) in [4.78, 5) is 2.76. The minimum atomic E-state index is -1.44. The number of hydrogen-bond acceptors (Lipinski definition) is 4. The Morgan fingerprint density at radius 1 is 0.513 bits per heavy atom. The Morgan fingerprint density at radius 3 is 1.21 bits per heavy atom. The predicted molar refractivity (Wildman–Crippen MR) is 173 cm³/mol. The Labute approximate surface area is 241 Å². The second-order valence-electron chi connectivity index (χ2n) is 9.62. The molecule has 192 valence electrons. The van der Waals surface area contributed by atoms with Crippen LogP contribution in [0.5, 0.6) is 0 Å². The van der Waals surface area contributed by atoms with Crippen LogP contribution in [-0.4, -0.2) is 12.5 Å². The molecule has 4 aromatic carbocycles. The standard InChI is InChI=1S/C34H28N2S3/c1-39(2)33(29-17-13-25(14-18-29)21-37-23-35)31(27-9-5-3-6-10-27)32(28-11-7-4-8-12-28)34(39)30-19-15-26(16-20-30)22-38-24-36/h3-20H,21-22H2,1-2H3. The van der Waals surface area contributed by atoms with Gasteiger partial charge in [0, 0.05) is 32.5 Å². The van der Waals surface area contributed by atoms with Gasteiger partial charge >= 0.3 is 0 Å². The minimum absolute atomic E-state index is 0.687. The first-order valence-corrected chi connectivity index (χ1v) is 17.0. The maximum atomic E-state index is 9.01. The van der Waals surface area contributed by atoms with Crippen molar-refractivity contribution in [2.45, 2.75) is 11.5 Å². The molecule has 4 aromatic rings. The molecule has 0 atom stereocenters. The van der Waals surface area contributed by atoms with Crippen molar-refractivity contribution in [3.8, 4) is 10.8 Å². The van der Waals surface area contributed by atoms with Crippen molar-refractivity contribution < 1.29 is 0 Å². The molecule has 0 saturated heterocycles. The highest BCUT2D eigenvalue weighted by atomic mass is 32.3. The van der Waals surface area contributed by atoms with E-state index in [-0.39, 0.29) is 0 Å². The van der Waals surface area contributed by atoms with Crippen LogP contribution in [-0.2, 0) is 11.5 Å². The molecule has 0 amide bonds. The molecule has 2 nitrogen and oxygen atoms in total. The van der Waals surface area contributed by atoms with Crippen LogP contribution in [0.4, 0.5) is 0 Å². The molecule has 0 unspecified atom stereocenters. The summed E-state index contributed by atoms with van der Waals surface area (Å²) >= 11 is 2.54. The molecule has 39 heavy (non-hydrogen) atoms. The van der Waals surface area contributed by atoms with Crippen LogP contribution < -0.4 is 0 Å². The van der Waals surface area contributed by atoms with Gasteiger partial charge in [-0.1, -0.05) is 109 Å². The molecule has 0 fully saturated rings. The van der Waals surface area contributed by atoms with Gasteiger partial charge in [0.2, 0.25) is 0 Å². The zero-order valence-electron chi connectivity index (χ0n) is 21.9. The number of rotatable bonds is 8. The van der Waals surface area contributed by atoms with Gasteiger partial charge in [-0.3, -0.25) is 0 Å². The van der Waals surface area contributed by atoms with Crippen molar-refractivity contribution in [3.63, 3.8) is 0 Å². The van der Waals surface area contributed by atoms with E-state index in [1.54, 1.807) is 0 Å². The summed E-state index contributed by atoms with van der Waals surface area (Å²) in [6.07, 6.45) is 4.82. The zero-order chi connectivity index (χ0) is 27.2. The lowest BCUT2D eigenvalue weighted by atomic mass is 9.89. The predicted octanol–water partition coefficient (Wildman–Crippen LogP) is 9.63. The summed E-state index contributed by atoms with van der Waals surface area (Å²) in [6.45, 7) is 0. The Morgan fingerprint density at radius 2 is 0.872 bits per heavy atom. The first-order valence-electron chi connectivity index (χ1n) is 12.6. The minimum Gasteiger partial charge on any atom is -0.191 e. The fourth-order valence-electron chi connectivity index (χ4n) is 5.21.